The van der Waals surface area contributed by atoms with Crippen LogP contribution in [-0.2, 0) is 11.3 Å². The van der Waals surface area contributed by atoms with Crippen molar-refractivity contribution in [2.45, 2.75) is 6.54 Å². The maximum Gasteiger partial charge on any atom is 0.273 e. The Hall–Kier alpha value is -3.07. The van der Waals surface area contributed by atoms with Gasteiger partial charge in [0.1, 0.15) is 16.8 Å². The number of benzene rings is 1. The van der Waals surface area contributed by atoms with Gasteiger partial charge in [-0.1, -0.05) is 18.2 Å². The highest BCUT2D eigenvalue weighted by Crippen LogP contribution is 2.16. The molecule has 116 valence electrons. The number of nitrogens with one attached hydrogen (secondary N) is 1. The number of amides is 2. The molecule has 2 aromatic heterocycles. The van der Waals surface area contributed by atoms with Crippen LogP contribution in [0.4, 0.5) is 5.69 Å². The summed E-state index contributed by atoms with van der Waals surface area (Å²) in [5, 5.41) is 2.68. The molecule has 0 saturated carbocycles. The minimum atomic E-state index is -0.747. The van der Waals surface area contributed by atoms with Gasteiger partial charge in [0.05, 0.1) is 6.33 Å². The Morgan fingerprint density at radius 3 is 2.70 bits per heavy atom. The van der Waals surface area contributed by atoms with E-state index in [0.717, 1.165) is 16.1 Å². The predicted octanol–water partition coefficient (Wildman–Crippen LogP) is 0.591. The molecule has 1 aromatic carbocycles. The van der Waals surface area contributed by atoms with Crippen LogP contribution in [0.25, 0.3) is 10.2 Å². The molecule has 8 nitrogen and oxygen atoms in total. The lowest BCUT2D eigenvalue weighted by Gasteiger charge is -2.06. The Bertz CT molecular complexity index is 948. The molecule has 3 rings (SSSR count). The summed E-state index contributed by atoms with van der Waals surface area (Å²) in [6.45, 7) is -0.194. The van der Waals surface area contributed by atoms with Gasteiger partial charge >= 0.3 is 0 Å². The minimum Gasteiger partial charge on any atom is -0.364 e. The van der Waals surface area contributed by atoms with E-state index in [-0.39, 0.29) is 28.4 Å². The summed E-state index contributed by atoms with van der Waals surface area (Å²) in [4.78, 5) is 39.5. The molecule has 0 aliphatic carbocycles. The Balaban J connectivity index is 1.86. The molecule has 0 aliphatic heterocycles. The molecule has 0 aliphatic rings. The van der Waals surface area contributed by atoms with Gasteiger partial charge in [-0.05, 0) is 23.7 Å². The van der Waals surface area contributed by atoms with Crippen LogP contribution in [0.2, 0.25) is 0 Å². The zero-order valence-electron chi connectivity index (χ0n) is 11.7. The first-order valence-corrected chi connectivity index (χ1v) is 7.33. The van der Waals surface area contributed by atoms with Gasteiger partial charge in [0.25, 0.3) is 11.5 Å². The number of nitrogens with zero attached hydrogens (tertiary/aromatic N) is 3. The van der Waals surface area contributed by atoms with Gasteiger partial charge in [-0.2, -0.15) is 4.37 Å². The molecule has 2 amide bonds. The zero-order valence-corrected chi connectivity index (χ0v) is 12.5. The van der Waals surface area contributed by atoms with E-state index in [1.165, 1.54) is 6.33 Å². The summed E-state index contributed by atoms with van der Waals surface area (Å²) in [5.74, 6) is -1.11. The SMILES string of the molecule is NC(=O)c1nsc2c(=O)n(CC(=O)Nc3ccccc3)cnc12. The standard InChI is InChI=1S/C14H11N5O3S/c15-13(21)11-10-12(23-18-11)14(22)19(7-16-10)6-9(20)17-8-4-2-1-3-5-8/h1-5,7H,6H2,(H2,15,21)(H,17,20). The maximum atomic E-state index is 12.3. The van der Waals surface area contributed by atoms with Gasteiger partial charge in [0.2, 0.25) is 5.91 Å². The van der Waals surface area contributed by atoms with Crippen LogP contribution in [0.3, 0.4) is 0 Å². The van der Waals surface area contributed by atoms with E-state index in [0.29, 0.717) is 5.69 Å². The summed E-state index contributed by atoms with van der Waals surface area (Å²) in [7, 11) is 0. The highest BCUT2D eigenvalue weighted by atomic mass is 32.1. The Kier molecular flexibility index (Phi) is 3.85. The molecule has 0 spiro atoms. The van der Waals surface area contributed by atoms with Gasteiger partial charge in [-0.15, -0.1) is 0 Å². The third-order valence-electron chi connectivity index (χ3n) is 3.05. The highest BCUT2D eigenvalue weighted by molar-refractivity contribution is 7.13. The Morgan fingerprint density at radius 2 is 2.00 bits per heavy atom. The Labute approximate surface area is 133 Å². The molecule has 0 atom stereocenters. The lowest BCUT2D eigenvalue weighted by molar-refractivity contribution is -0.116. The molecule has 0 bridgehead atoms. The predicted molar refractivity (Wildman–Crippen MR) is 85.3 cm³/mol. The number of carbonyl (C=O) groups excluding carboxylic acids is 2. The summed E-state index contributed by atoms with van der Waals surface area (Å²) in [6.07, 6.45) is 1.20. The number of fused-ring (bicyclic) bond motifs is 1. The monoisotopic (exact) mass is 329 g/mol. The number of primary amides is 1. The first kappa shape index (κ1) is 14.9. The summed E-state index contributed by atoms with van der Waals surface area (Å²) in [6, 6.07) is 8.89. The van der Waals surface area contributed by atoms with E-state index in [4.69, 9.17) is 5.73 Å². The van der Waals surface area contributed by atoms with Crippen LogP contribution in [0.5, 0.6) is 0 Å². The van der Waals surface area contributed by atoms with Crippen molar-refractivity contribution >= 4 is 39.3 Å². The molecule has 9 heteroatoms. The second-order valence-corrected chi connectivity index (χ2v) is 5.44. The molecular formula is C14H11N5O3S. The smallest absolute Gasteiger partial charge is 0.273 e. The van der Waals surface area contributed by atoms with E-state index in [1.807, 2.05) is 6.07 Å². The van der Waals surface area contributed by atoms with Crippen molar-refractivity contribution in [2.75, 3.05) is 5.32 Å². The van der Waals surface area contributed by atoms with Gasteiger partial charge in [0.15, 0.2) is 5.69 Å². The van der Waals surface area contributed by atoms with Crippen molar-refractivity contribution < 1.29 is 9.59 Å². The molecule has 2 heterocycles. The van der Waals surface area contributed by atoms with Crippen molar-refractivity contribution in [1.82, 2.24) is 13.9 Å². The summed E-state index contributed by atoms with van der Waals surface area (Å²) >= 11 is 0.836. The average Bonchev–Trinajstić information content (AvgIpc) is 2.96. The molecule has 0 unspecified atom stereocenters. The van der Waals surface area contributed by atoms with Crippen molar-refractivity contribution in [3.8, 4) is 0 Å². The third kappa shape index (κ3) is 2.94. The first-order chi connectivity index (χ1) is 11.1. The van der Waals surface area contributed by atoms with E-state index >= 15 is 0 Å². The largest absolute Gasteiger partial charge is 0.364 e. The van der Waals surface area contributed by atoms with Crippen LogP contribution in [0.15, 0.2) is 41.5 Å². The zero-order chi connectivity index (χ0) is 16.4. The quantitative estimate of drug-likeness (QED) is 0.726. The third-order valence-corrected chi connectivity index (χ3v) is 3.88. The highest BCUT2D eigenvalue weighted by Gasteiger charge is 2.17. The van der Waals surface area contributed by atoms with Crippen molar-refractivity contribution in [3.63, 3.8) is 0 Å². The number of carbonyl (C=O) groups is 2. The van der Waals surface area contributed by atoms with E-state index < -0.39 is 11.5 Å². The number of para-hydroxylation sites is 1. The van der Waals surface area contributed by atoms with Crippen LogP contribution < -0.4 is 16.6 Å². The molecule has 3 N–H and O–H groups in total. The van der Waals surface area contributed by atoms with Gasteiger partial charge in [-0.3, -0.25) is 19.0 Å². The molecule has 0 radical (unpaired) electrons. The maximum absolute atomic E-state index is 12.3. The number of anilines is 1. The first-order valence-electron chi connectivity index (χ1n) is 6.56. The molecular weight excluding hydrogens is 318 g/mol. The second-order valence-electron chi connectivity index (χ2n) is 4.66. The minimum absolute atomic E-state index is 0.0389. The van der Waals surface area contributed by atoms with Crippen molar-refractivity contribution in [2.24, 2.45) is 5.73 Å². The number of rotatable bonds is 4. The number of aromatic nitrogens is 3. The topological polar surface area (TPSA) is 120 Å². The molecule has 3 aromatic rings. The summed E-state index contributed by atoms with van der Waals surface area (Å²) < 4.78 is 5.18. The number of hydrogen-bond donors (Lipinski definition) is 2. The van der Waals surface area contributed by atoms with E-state index in [1.54, 1.807) is 24.3 Å². The van der Waals surface area contributed by atoms with Gasteiger partial charge in [-0.25, -0.2) is 4.98 Å². The van der Waals surface area contributed by atoms with Crippen LogP contribution >= 0.6 is 11.5 Å². The molecule has 0 fully saturated rings. The van der Waals surface area contributed by atoms with E-state index in [9.17, 15) is 14.4 Å². The number of nitrogens with two attached hydrogens (primary N) is 1. The summed E-state index contributed by atoms with van der Waals surface area (Å²) in [5.41, 5.74) is 5.48. The van der Waals surface area contributed by atoms with Crippen LogP contribution in [0.1, 0.15) is 10.5 Å². The van der Waals surface area contributed by atoms with Crippen molar-refractivity contribution in [1.29, 1.82) is 0 Å². The fraction of sp³-hybridized carbons (Fsp3) is 0.0714. The van der Waals surface area contributed by atoms with Crippen LogP contribution in [0, 0.1) is 0 Å². The van der Waals surface area contributed by atoms with Crippen LogP contribution in [-0.4, -0.2) is 25.7 Å². The Morgan fingerprint density at radius 1 is 1.26 bits per heavy atom. The fourth-order valence-corrected chi connectivity index (χ4v) is 2.80. The molecule has 0 saturated heterocycles. The van der Waals surface area contributed by atoms with Gasteiger partial charge in [0, 0.05) is 5.69 Å². The lowest BCUT2D eigenvalue weighted by atomic mass is 10.3. The van der Waals surface area contributed by atoms with E-state index in [2.05, 4.69) is 14.7 Å². The second kappa shape index (κ2) is 5.97. The lowest BCUT2D eigenvalue weighted by Crippen LogP contribution is -2.27. The fourth-order valence-electron chi connectivity index (χ4n) is 2.01. The normalized spacial score (nSPS) is 10.6. The van der Waals surface area contributed by atoms with Gasteiger partial charge < -0.3 is 11.1 Å². The molecule has 23 heavy (non-hydrogen) atoms. The average molecular weight is 329 g/mol. The number of hydrogen-bond acceptors (Lipinski definition) is 6. The van der Waals surface area contributed by atoms with Crippen molar-refractivity contribution in [3.05, 3.63) is 52.7 Å².